The van der Waals surface area contributed by atoms with E-state index in [1.165, 1.54) is 18.3 Å². The number of nitriles is 1. The average Bonchev–Trinajstić information content (AvgIpc) is 2.78. The second-order valence-electron chi connectivity index (χ2n) is 3.64. The van der Waals surface area contributed by atoms with E-state index in [9.17, 15) is 9.59 Å². The van der Waals surface area contributed by atoms with Crippen LogP contribution in [0.3, 0.4) is 0 Å². The highest BCUT2D eigenvalue weighted by atomic mass is 32.1. The van der Waals surface area contributed by atoms with Gasteiger partial charge >= 0.3 is 5.97 Å². The first-order valence-electron chi connectivity index (χ1n) is 4.71. The number of aliphatic carboxylic acids is 1. The number of thiophene rings is 1. The van der Waals surface area contributed by atoms with Gasteiger partial charge in [-0.15, -0.1) is 11.3 Å². The van der Waals surface area contributed by atoms with Gasteiger partial charge < -0.3 is 5.11 Å². The molecule has 4 nitrogen and oxygen atoms in total. The van der Waals surface area contributed by atoms with Gasteiger partial charge in [0.05, 0.1) is 10.9 Å². The van der Waals surface area contributed by atoms with Crippen molar-refractivity contribution in [1.82, 2.24) is 0 Å². The summed E-state index contributed by atoms with van der Waals surface area (Å²) in [7, 11) is 0. The first kappa shape index (κ1) is 12.4. The van der Waals surface area contributed by atoms with E-state index >= 15 is 0 Å². The zero-order valence-electron chi connectivity index (χ0n) is 8.77. The van der Waals surface area contributed by atoms with Crippen LogP contribution in [0.4, 0.5) is 0 Å². The molecular weight excluding hydrogens is 226 g/mol. The zero-order valence-corrected chi connectivity index (χ0v) is 9.58. The van der Waals surface area contributed by atoms with Crippen molar-refractivity contribution in [3.63, 3.8) is 0 Å². The SMILES string of the molecule is CC(C#N)(CCC(=O)O)C(=O)c1cccs1. The normalized spacial score (nSPS) is 13.8. The predicted octanol–water partition coefficient (Wildman–Crippen LogP) is 2.33. The molecule has 1 heterocycles. The quantitative estimate of drug-likeness (QED) is 0.797. The van der Waals surface area contributed by atoms with Crippen molar-refractivity contribution in [2.75, 3.05) is 0 Å². The molecule has 16 heavy (non-hydrogen) atoms. The van der Waals surface area contributed by atoms with E-state index in [1.54, 1.807) is 17.5 Å². The van der Waals surface area contributed by atoms with Crippen molar-refractivity contribution < 1.29 is 14.7 Å². The summed E-state index contributed by atoms with van der Waals surface area (Å²) in [5.74, 6) is -1.30. The van der Waals surface area contributed by atoms with E-state index in [-0.39, 0.29) is 18.6 Å². The molecule has 0 fully saturated rings. The third-order valence-corrected chi connectivity index (χ3v) is 3.20. The molecule has 1 atom stereocenters. The number of carbonyl (C=O) groups is 2. The van der Waals surface area contributed by atoms with Gasteiger partial charge in [0.25, 0.3) is 0 Å². The Morgan fingerprint density at radius 1 is 1.62 bits per heavy atom. The molecule has 1 rings (SSSR count). The molecule has 0 saturated heterocycles. The second-order valence-corrected chi connectivity index (χ2v) is 4.59. The number of carboxylic acid groups (broad SMARTS) is 1. The largest absolute Gasteiger partial charge is 0.481 e. The Balaban J connectivity index is 2.85. The predicted molar refractivity (Wildman–Crippen MR) is 59.2 cm³/mol. The summed E-state index contributed by atoms with van der Waals surface area (Å²) in [4.78, 5) is 22.9. The van der Waals surface area contributed by atoms with Crippen molar-refractivity contribution >= 4 is 23.1 Å². The summed E-state index contributed by atoms with van der Waals surface area (Å²) < 4.78 is 0. The van der Waals surface area contributed by atoms with Crippen LogP contribution in [0.5, 0.6) is 0 Å². The Bertz CT molecular complexity index is 433. The molecule has 84 valence electrons. The number of carboxylic acids is 1. The Labute approximate surface area is 97.1 Å². The van der Waals surface area contributed by atoms with Crippen molar-refractivity contribution in [2.24, 2.45) is 5.41 Å². The van der Waals surface area contributed by atoms with Crippen LogP contribution in [0.2, 0.25) is 0 Å². The number of nitrogens with zero attached hydrogens (tertiary/aromatic N) is 1. The Morgan fingerprint density at radius 3 is 2.75 bits per heavy atom. The van der Waals surface area contributed by atoms with Gasteiger partial charge in [-0.2, -0.15) is 5.26 Å². The fraction of sp³-hybridized carbons (Fsp3) is 0.364. The zero-order chi connectivity index (χ0) is 12.2. The summed E-state index contributed by atoms with van der Waals surface area (Å²) in [6.07, 6.45) is -0.142. The van der Waals surface area contributed by atoms with E-state index in [4.69, 9.17) is 10.4 Å². The monoisotopic (exact) mass is 237 g/mol. The lowest BCUT2D eigenvalue weighted by molar-refractivity contribution is -0.137. The third-order valence-electron chi connectivity index (χ3n) is 2.33. The van der Waals surface area contributed by atoms with Gasteiger partial charge in [0.1, 0.15) is 5.41 Å². The van der Waals surface area contributed by atoms with Gasteiger partial charge in [0.15, 0.2) is 5.78 Å². The molecule has 1 N–H and O–H groups in total. The fourth-order valence-electron chi connectivity index (χ4n) is 1.26. The van der Waals surface area contributed by atoms with Crippen LogP contribution in [0, 0.1) is 16.7 Å². The molecule has 0 saturated carbocycles. The van der Waals surface area contributed by atoms with Crippen LogP contribution in [0.15, 0.2) is 17.5 Å². The number of carbonyl (C=O) groups excluding carboxylic acids is 1. The highest BCUT2D eigenvalue weighted by molar-refractivity contribution is 7.12. The van der Waals surface area contributed by atoms with Gasteiger partial charge in [-0.25, -0.2) is 0 Å². The van der Waals surface area contributed by atoms with Crippen LogP contribution < -0.4 is 0 Å². The summed E-state index contributed by atoms with van der Waals surface area (Å²) in [6, 6.07) is 5.29. The third kappa shape index (κ3) is 2.67. The van der Waals surface area contributed by atoms with E-state index < -0.39 is 11.4 Å². The minimum absolute atomic E-state index is 0.0373. The van der Waals surface area contributed by atoms with Crippen molar-refractivity contribution in [3.05, 3.63) is 22.4 Å². The number of hydrogen-bond donors (Lipinski definition) is 1. The van der Waals surface area contributed by atoms with Gasteiger partial charge in [-0.3, -0.25) is 9.59 Å². The number of ketones is 1. The summed E-state index contributed by atoms with van der Waals surface area (Å²) in [5, 5.41) is 19.3. The Kier molecular flexibility index (Phi) is 3.80. The lowest BCUT2D eigenvalue weighted by atomic mass is 9.82. The number of rotatable bonds is 5. The number of hydrogen-bond acceptors (Lipinski definition) is 4. The average molecular weight is 237 g/mol. The summed E-state index contributed by atoms with van der Waals surface area (Å²) in [6.45, 7) is 1.48. The molecule has 1 aromatic heterocycles. The molecular formula is C11H11NO3S. The molecule has 0 aliphatic heterocycles. The highest BCUT2D eigenvalue weighted by Crippen LogP contribution is 2.29. The molecule has 0 amide bonds. The molecule has 0 aliphatic carbocycles. The number of Topliss-reactive ketones (excluding diaryl/α,β-unsaturated/α-hetero) is 1. The van der Waals surface area contributed by atoms with Crippen LogP contribution >= 0.6 is 11.3 Å². The van der Waals surface area contributed by atoms with Crippen LogP contribution in [0.25, 0.3) is 0 Å². The molecule has 0 bridgehead atoms. The second kappa shape index (κ2) is 4.90. The van der Waals surface area contributed by atoms with Crippen molar-refractivity contribution in [1.29, 1.82) is 5.26 Å². The lowest BCUT2D eigenvalue weighted by Crippen LogP contribution is -2.26. The Hall–Kier alpha value is -1.67. The van der Waals surface area contributed by atoms with Crippen LogP contribution in [-0.4, -0.2) is 16.9 Å². The maximum Gasteiger partial charge on any atom is 0.303 e. The molecule has 0 aromatic carbocycles. The first-order valence-corrected chi connectivity index (χ1v) is 5.59. The van der Waals surface area contributed by atoms with E-state index in [1.807, 2.05) is 6.07 Å². The molecule has 0 spiro atoms. The maximum atomic E-state index is 12.0. The topological polar surface area (TPSA) is 78.2 Å². The maximum absolute atomic E-state index is 12.0. The van der Waals surface area contributed by atoms with Gasteiger partial charge in [0, 0.05) is 6.42 Å². The molecule has 1 aromatic rings. The van der Waals surface area contributed by atoms with Crippen LogP contribution in [0.1, 0.15) is 29.4 Å². The van der Waals surface area contributed by atoms with E-state index in [2.05, 4.69) is 0 Å². The molecule has 0 aliphatic rings. The van der Waals surface area contributed by atoms with Gasteiger partial charge in [-0.1, -0.05) is 6.07 Å². The molecule has 0 radical (unpaired) electrons. The van der Waals surface area contributed by atoms with Gasteiger partial charge in [-0.05, 0) is 24.8 Å². The first-order chi connectivity index (χ1) is 7.49. The molecule has 1 unspecified atom stereocenters. The fourth-order valence-corrected chi connectivity index (χ4v) is 2.05. The summed E-state index contributed by atoms with van der Waals surface area (Å²) in [5.41, 5.74) is -1.25. The van der Waals surface area contributed by atoms with Crippen molar-refractivity contribution in [3.8, 4) is 6.07 Å². The summed E-state index contributed by atoms with van der Waals surface area (Å²) >= 11 is 1.26. The standard InChI is InChI=1S/C11H11NO3S/c1-11(7-12,5-4-9(13)14)10(15)8-3-2-6-16-8/h2-3,6H,4-5H2,1H3,(H,13,14). The Morgan fingerprint density at radius 2 is 2.31 bits per heavy atom. The smallest absolute Gasteiger partial charge is 0.303 e. The lowest BCUT2D eigenvalue weighted by Gasteiger charge is -2.17. The highest BCUT2D eigenvalue weighted by Gasteiger charge is 2.34. The minimum Gasteiger partial charge on any atom is -0.481 e. The molecule has 5 heteroatoms. The van der Waals surface area contributed by atoms with Gasteiger partial charge in [0.2, 0.25) is 0 Å². The van der Waals surface area contributed by atoms with Crippen LogP contribution in [-0.2, 0) is 4.79 Å². The minimum atomic E-state index is -1.25. The van der Waals surface area contributed by atoms with E-state index in [0.29, 0.717) is 4.88 Å². The van der Waals surface area contributed by atoms with E-state index in [0.717, 1.165) is 0 Å². The van der Waals surface area contributed by atoms with Crippen molar-refractivity contribution in [2.45, 2.75) is 19.8 Å².